The van der Waals surface area contributed by atoms with Crippen molar-refractivity contribution in [1.29, 1.82) is 0 Å². The Morgan fingerprint density at radius 3 is 2.44 bits per heavy atom. The monoisotopic (exact) mass is 272 g/mol. The van der Waals surface area contributed by atoms with E-state index in [2.05, 4.69) is 5.32 Å². The molecule has 1 aromatic carbocycles. The molecule has 0 heterocycles. The second kappa shape index (κ2) is 6.36. The quantitative estimate of drug-likeness (QED) is 0.854. The molecular weight excluding hydrogens is 256 g/mol. The number of ether oxygens (including phenoxy) is 1. The molecule has 0 fully saturated rings. The van der Waals surface area contributed by atoms with Crippen LogP contribution in [0.5, 0.6) is 5.75 Å². The summed E-state index contributed by atoms with van der Waals surface area (Å²) in [6.45, 7) is 0.00613. The standard InChI is InChI=1S/C11H16N2O4S/c1-13(2)18(15,16)9-8-12-11(14)17-10-6-4-3-5-7-10/h3-7H,8-9H2,1-2H3,(H,12,14). The maximum absolute atomic E-state index is 11.4. The van der Waals surface area contributed by atoms with Gasteiger partial charge in [0, 0.05) is 20.6 Å². The van der Waals surface area contributed by atoms with E-state index in [1.807, 2.05) is 0 Å². The molecule has 1 amide bonds. The van der Waals surface area contributed by atoms with Gasteiger partial charge in [0.15, 0.2) is 0 Å². The molecule has 0 aliphatic carbocycles. The molecule has 100 valence electrons. The van der Waals surface area contributed by atoms with Crippen molar-refractivity contribution < 1.29 is 17.9 Å². The van der Waals surface area contributed by atoms with Crippen molar-refractivity contribution in [1.82, 2.24) is 9.62 Å². The van der Waals surface area contributed by atoms with Crippen LogP contribution in [-0.4, -0.2) is 45.2 Å². The van der Waals surface area contributed by atoms with Gasteiger partial charge >= 0.3 is 6.09 Å². The number of hydrogen-bond donors (Lipinski definition) is 1. The number of benzene rings is 1. The largest absolute Gasteiger partial charge is 0.412 e. The van der Waals surface area contributed by atoms with Crippen LogP contribution in [0.3, 0.4) is 0 Å². The maximum atomic E-state index is 11.4. The van der Waals surface area contributed by atoms with Gasteiger partial charge in [0.2, 0.25) is 10.0 Å². The summed E-state index contributed by atoms with van der Waals surface area (Å²) in [4.78, 5) is 11.3. The summed E-state index contributed by atoms with van der Waals surface area (Å²) >= 11 is 0. The van der Waals surface area contributed by atoms with Crippen LogP contribution in [0.1, 0.15) is 0 Å². The minimum Gasteiger partial charge on any atom is -0.410 e. The van der Waals surface area contributed by atoms with Crippen molar-refractivity contribution in [2.75, 3.05) is 26.4 Å². The molecule has 0 aliphatic rings. The van der Waals surface area contributed by atoms with E-state index in [1.54, 1.807) is 30.3 Å². The summed E-state index contributed by atoms with van der Waals surface area (Å²) < 4.78 is 28.8. The predicted molar refractivity (Wildman–Crippen MR) is 67.9 cm³/mol. The maximum Gasteiger partial charge on any atom is 0.412 e. The molecule has 1 rings (SSSR count). The Bertz CT molecular complexity index is 485. The molecule has 0 atom stereocenters. The number of para-hydroxylation sites is 1. The van der Waals surface area contributed by atoms with Gasteiger partial charge in [0.1, 0.15) is 5.75 Å². The number of amides is 1. The molecular formula is C11H16N2O4S. The van der Waals surface area contributed by atoms with Crippen molar-refractivity contribution >= 4 is 16.1 Å². The molecule has 0 bridgehead atoms. The lowest BCUT2D eigenvalue weighted by molar-refractivity contribution is 0.201. The number of carbonyl (C=O) groups excluding carboxylic acids is 1. The summed E-state index contributed by atoms with van der Waals surface area (Å²) in [5.74, 6) is 0.245. The first-order chi connectivity index (χ1) is 8.42. The van der Waals surface area contributed by atoms with Gasteiger partial charge in [-0.15, -0.1) is 0 Å². The van der Waals surface area contributed by atoms with Crippen LogP contribution in [0.25, 0.3) is 0 Å². The summed E-state index contributed by atoms with van der Waals surface area (Å²) in [5, 5.41) is 2.38. The van der Waals surface area contributed by atoms with E-state index in [0.717, 1.165) is 4.31 Å². The highest BCUT2D eigenvalue weighted by Crippen LogP contribution is 2.07. The molecule has 0 aliphatic heterocycles. The second-order valence-electron chi connectivity index (χ2n) is 3.73. The van der Waals surface area contributed by atoms with Gasteiger partial charge in [0.25, 0.3) is 0 Å². The van der Waals surface area contributed by atoms with E-state index < -0.39 is 16.1 Å². The molecule has 0 saturated carbocycles. The molecule has 0 spiro atoms. The highest BCUT2D eigenvalue weighted by molar-refractivity contribution is 7.89. The summed E-state index contributed by atoms with van der Waals surface area (Å²) in [7, 11) is -0.419. The first-order valence-electron chi connectivity index (χ1n) is 5.33. The third-order valence-electron chi connectivity index (χ3n) is 2.14. The Hall–Kier alpha value is -1.60. The lowest BCUT2D eigenvalue weighted by atomic mass is 10.3. The average molecular weight is 272 g/mol. The van der Waals surface area contributed by atoms with E-state index in [-0.39, 0.29) is 12.3 Å². The average Bonchev–Trinajstić information content (AvgIpc) is 2.29. The van der Waals surface area contributed by atoms with Gasteiger partial charge < -0.3 is 10.1 Å². The highest BCUT2D eigenvalue weighted by atomic mass is 32.2. The fraction of sp³-hybridized carbons (Fsp3) is 0.364. The van der Waals surface area contributed by atoms with Crippen LogP contribution in [-0.2, 0) is 10.0 Å². The third-order valence-corrected chi connectivity index (χ3v) is 3.97. The first kappa shape index (κ1) is 14.5. The third kappa shape index (κ3) is 4.72. The molecule has 1 aromatic rings. The van der Waals surface area contributed by atoms with E-state index in [4.69, 9.17) is 4.74 Å². The number of hydrogen-bond acceptors (Lipinski definition) is 4. The van der Waals surface area contributed by atoms with Gasteiger partial charge in [0.05, 0.1) is 5.75 Å². The Morgan fingerprint density at radius 1 is 1.28 bits per heavy atom. The Balaban J connectivity index is 2.35. The number of nitrogens with zero attached hydrogens (tertiary/aromatic N) is 1. The fourth-order valence-electron chi connectivity index (χ4n) is 1.10. The van der Waals surface area contributed by atoms with E-state index in [0.29, 0.717) is 5.75 Å². The second-order valence-corrected chi connectivity index (χ2v) is 6.03. The van der Waals surface area contributed by atoms with Crippen molar-refractivity contribution in [3.8, 4) is 5.75 Å². The summed E-state index contributed by atoms with van der Waals surface area (Å²) in [6, 6.07) is 8.54. The summed E-state index contributed by atoms with van der Waals surface area (Å²) in [6.07, 6.45) is -0.671. The first-order valence-corrected chi connectivity index (χ1v) is 6.93. The zero-order chi connectivity index (χ0) is 13.6. The zero-order valence-electron chi connectivity index (χ0n) is 10.3. The van der Waals surface area contributed by atoms with Crippen LogP contribution < -0.4 is 10.1 Å². The van der Waals surface area contributed by atoms with Gasteiger partial charge in [-0.25, -0.2) is 17.5 Å². The topological polar surface area (TPSA) is 75.7 Å². The van der Waals surface area contributed by atoms with E-state index in [9.17, 15) is 13.2 Å². The number of carbonyl (C=O) groups is 1. The Labute approximate surface area is 107 Å². The lowest BCUT2D eigenvalue weighted by Crippen LogP contribution is -2.35. The van der Waals surface area contributed by atoms with E-state index >= 15 is 0 Å². The predicted octanol–water partition coefficient (Wildman–Crippen LogP) is 0.666. The van der Waals surface area contributed by atoms with E-state index in [1.165, 1.54) is 14.1 Å². The molecule has 6 nitrogen and oxygen atoms in total. The number of sulfonamides is 1. The van der Waals surface area contributed by atoms with Crippen LogP contribution in [0, 0.1) is 0 Å². The van der Waals surface area contributed by atoms with Gasteiger partial charge in [-0.2, -0.15) is 0 Å². The lowest BCUT2D eigenvalue weighted by Gasteiger charge is -2.11. The van der Waals surface area contributed by atoms with Crippen molar-refractivity contribution in [3.05, 3.63) is 30.3 Å². The Morgan fingerprint density at radius 2 is 1.89 bits per heavy atom. The van der Waals surface area contributed by atoms with Gasteiger partial charge in [-0.3, -0.25) is 0 Å². The smallest absolute Gasteiger partial charge is 0.410 e. The molecule has 0 saturated heterocycles. The van der Waals surface area contributed by atoms with Crippen molar-refractivity contribution in [3.63, 3.8) is 0 Å². The van der Waals surface area contributed by atoms with Gasteiger partial charge in [-0.1, -0.05) is 18.2 Å². The minimum atomic E-state index is -3.30. The molecule has 7 heteroatoms. The molecule has 0 unspecified atom stereocenters. The van der Waals surface area contributed by atoms with Crippen LogP contribution in [0.4, 0.5) is 4.79 Å². The molecule has 0 aromatic heterocycles. The zero-order valence-corrected chi connectivity index (χ0v) is 11.1. The van der Waals surface area contributed by atoms with Crippen molar-refractivity contribution in [2.45, 2.75) is 0 Å². The molecule has 0 radical (unpaired) electrons. The normalized spacial score (nSPS) is 11.3. The highest BCUT2D eigenvalue weighted by Gasteiger charge is 2.13. The fourth-order valence-corrected chi connectivity index (χ4v) is 1.82. The summed E-state index contributed by atoms with van der Waals surface area (Å²) in [5.41, 5.74) is 0. The van der Waals surface area contributed by atoms with Crippen LogP contribution >= 0.6 is 0 Å². The SMILES string of the molecule is CN(C)S(=O)(=O)CCNC(=O)Oc1ccccc1. The van der Waals surface area contributed by atoms with Crippen molar-refractivity contribution in [2.24, 2.45) is 0 Å². The minimum absolute atomic E-state index is 0.00613. The number of nitrogens with one attached hydrogen (secondary N) is 1. The van der Waals surface area contributed by atoms with Gasteiger partial charge in [-0.05, 0) is 12.1 Å². The Kier molecular flexibility index (Phi) is 5.11. The molecule has 18 heavy (non-hydrogen) atoms. The van der Waals surface area contributed by atoms with Crippen LogP contribution in [0.15, 0.2) is 30.3 Å². The molecule has 1 N–H and O–H groups in total. The van der Waals surface area contributed by atoms with Crippen LogP contribution in [0.2, 0.25) is 0 Å². The number of rotatable bonds is 5.